The molecule has 198 valence electrons. The monoisotopic (exact) mass is 562 g/mol. The van der Waals surface area contributed by atoms with Crippen LogP contribution in [0.15, 0.2) is 140 Å². The molecule has 0 spiro atoms. The lowest BCUT2D eigenvalue weighted by Gasteiger charge is -2.28. The third kappa shape index (κ3) is 6.36. The number of ether oxygens (including phenoxy) is 1. The first-order valence-electron chi connectivity index (χ1n) is 12.4. The first-order valence-corrected chi connectivity index (χ1v) is 14.4. The van der Waals surface area contributed by atoms with Gasteiger partial charge in [0.15, 0.2) is 0 Å². The number of halogens is 4. The lowest BCUT2D eigenvalue weighted by atomic mass is 10.1. The molecule has 0 aliphatic rings. The molecule has 5 aromatic carbocycles. The molecule has 0 amide bonds. The SMILES string of the molecule is FC(F)(F)c1cc(C[P+](c2ccccc2)(c2ccccc2)c2ccccc2)ccc1OCc1ccccc1.[Cl-]. The number of rotatable bonds is 8. The Morgan fingerprint density at radius 2 is 0.974 bits per heavy atom. The van der Waals surface area contributed by atoms with Crippen molar-refractivity contribution in [1.82, 2.24) is 0 Å². The van der Waals surface area contributed by atoms with E-state index in [1.165, 1.54) is 12.1 Å². The van der Waals surface area contributed by atoms with Gasteiger partial charge in [-0.3, -0.25) is 0 Å². The van der Waals surface area contributed by atoms with Crippen molar-refractivity contribution < 1.29 is 30.3 Å². The molecule has 0 saturated heterocycles. The number of hydrogen-bond acceptors (Lipinski definition) is 1. The third-order valence-electron chi connectivity index (χ3n) is 6.60. The number of hydrogen-bond donors (Lipinski definition) is 0. The summed E-state index contributed by atoms with van der Waals surface area (Å²) in [6.45, 7) is 0.0677. The van der Waals surface area contributed by atoms with Crippen molar-refractivity contribution >= 4 is 23.2 Å². The van der Waals surface area contributed by atoms with E-state index in [-0.39, 0.29) is 24.8 Å². The fourth-order valence-electron chi connectivity index (χ4n) is 4.80. The number of alkyl halides is 3. The van der Waals surface area contributed by atoms with Crippen molar-refractivity contribution in [2.75, 3.05) is 0 Å². The average Bonchev–Trinajstić information content (AvgIpc) is 2.96. The maximum Gasteiger partial charge on any atom is 0.419 e. The van der Waals surface area contributed by atoms with Gasteiger partial charge in [-0.25, -0.2) is 0 Å². The van der Waals surface area contributed by atoms with Gasteiger partial charge in [0.05, 0.1) is 11.7 Å². The van der Waals surface area contributed by atoms with Crippen molar-refractivity contribution in [3.8, 4) is 5.75 Å². The van der Waals surface area contributed by atoms with Gasteiger partial charge >= 0.3 is 6.18 Å². The van der Waals surface area contributed by atoms with E-state index in [9.17, 15) is 13.2 Å². The Hall–Kier alpha value is -3.59. The van der Waals surface area contributed by atoms with Crippen LogP contribution < -0.4 is 33.1 Å². The van der Waals surface area contributed by atoms with Gasteiger partial charge < -0.3 is 17.1 Å². The van der Waals surface area contributed by atoms with Crippen molar-refractivity contribution in [3.05, 3.63) is 156 Å². The first-order chi connectivity index (χ1) is 18.5. The zero-order valence-corrected chi connectivity index (χ0v) is 22.7. The average molecular weight is 563 g/mol. The van der Waals surface area contributed by atoms with Gasteiger partial charge in [-0.1, -0.05) is 91.0 Å². The summed E-state index contributed by atoms with van der Waals surface area (Å²) in [6, 6.07) is 44.2. The van der Waals surface area contributed by atoms with Gasteiger partial charge in [0.2, 0.25) is 0 Å². The van der Waals surface area contributed by atoms with Crippen molar-refractivity contribution in [2.45, 2.75) is 18.9 Å². The Balaban J connectivity index is 0.00000353. The molecule has 0 saturated carbocycles. The lowest BCUT2D eigenvalue weighted by molar-refractivity contribution is -0.139. The maximum absolute atomic E-state index is 14.3. The quantitative estimate of drug-likeness (QED) is 0.247. The molecular formula is C33H27ClF3OP. The Morgan fingerprint density at radius 1 is 0.538 bits per heavy atom. The predicted octanol–water partition coefficient (Wildman–Crippen LogP) is 4.78. The van der Waals surface area contributed by atoms with E-state index >= 15 is 0 Å². The summed E-state index contributed by atoms with van der Waals surface area (Å²) in [5, 5.41) is 3.36. The smallest absolute Gasteiger partial charge is 0.419 e. The predicted molar refractivity (Wildman–Crippen MR) is 151 cm³/mol. The highest BCUT2D eigenvalue weighted by Crippen LogP contribution is 2.58. The van der Waals surface area contributed by atoms with Gasteiger partial charge in [0, 0.05) is 0 Å². The van der Waals surface area contributed by atoms with Crippen LogP contribution in [0.3, 0.4) is 0 Å². The van der Waals surface area contributed by atoms with Gasteiger partial charge in [-0.15, -0.1) is 0 Å². The summed E-state index contributed by atoms with van der Waals surface area (Å²) in [4.78, 5) is 0. The van der Waals surface area contributed by atoms with Crippen molar-refractivity contribution in [2.24, 2.45) is 0 Å². The minimum atomic E-state index is -4.55. The van der Waals surface area contributed by atoms with Crippen LogP contribution in [-0.2, 0) is 18.9 Å². The Morgan fingerprint density at radius 3 is 1.41 bits per heavy atom. The molecule has 0 aliphatic carbocycles. The molecule has 0 N–H and O–H groups in total. The van der Waals surface area contributed by atoms with E-state index in [4.69, 9.17) is 4.74 Å². The molecule has 5 aromatic rings. The zero-order chi connectivity index (χ0) is 26.4. The highest BCUT2D eigenvalue weighted by molar-refractivity contribution is 7.95. The second-order valence-corrected chi connectivity index (χ2v) is 12.6. The Bertz CT molecular complexity index is 1360. The molecule has 0 unspecified atom stereocenters. The normalized spacial score (nSPS) is 11.5. The summed E-state index contributed by atoms with van der Waals surface area (Å²) in [6.07, 6.45) is -4.09. The van der Waals surface area contributed by atoms with Gasteiger partial charge in [0.25, 0.3) is 0 Å². The maximum atomic E-state index is 14.3. The Kier molecular flexibility index (Phi) is 9.12. The molecule has 0 fully saturated rings. The minimum absolute atomic E-state index is 0. The molecule has 6 heteroatoms. The number of benzene rings is 5. The van der Waals surface area contributed by atoms with Gasteiger partial charge in [-0.05, 0) is 59.7 Å². The van der Waals surface area contributed by atoms with Crippen LogP contribution in [0.4, 0.5) is 13.2 Å². The molecule has 5 rings (SSSR count). The van der Waals surface area contributed by atoms with E-state index in [0.29, 0.717) is 11.7 Å². The topological polar surface area (TPSA) is 9.23 Å². The van der Waals surface area contributed by atoms with Crippen LogP contribution in [0.5, 0.6) is 5.75 Å². The summed E-state index contributed by atoms with van der Waals surface area (Å²) in [5.41, 5.74) is 0.680. The second-order valence-electron chi connectivity index (χ2n) is 9.08. The second kappa shape index (κ2) is 12.5. The zero-order valence-electron chi connectivity index (χ0n) is 21.1. The summed E-state index contributed by atoms with van der Waals surface area (Å²) < 4.78 is 48.5. The van der Waals surface area contributed by atoms with Crippen molar-refractivity contribution in [3.63, 3.8) is 0 Å². The summed E-state index contributed by atoms with van der Waals surface area (Å²) >= 11 is 0. The molecular weight excluding hydrogens is 536 g/mol. The Labute approximate surface area is 234 Å². The van der Waals surface area contributed by atoms with E-state index in [0.717, 1.165) is 21.5 Å². The molecule has 0 aromatic heterocycles. The van der Waals surface area contributed by atoms with E-state index in [2.05, 4.69) is 36.4 Å². The fourth-order valence-corrected chi connectivity index (χ4v) is 9.03. The summed E-state index contributed by atoms with van der Waals surface area (Å²) in [7, 11) is -2.33. The van der Waals surface area contributed by atoms with Crippen LogP contribution in [0, 0.1) is 0 Å². The summed E-state index contributed by atoms with van der Waals surface area (Å²) in [5.74, 6) is -0.159. The van der Waals surface area contributed by atoms with Crippen LogP contribution in [-0.4, -0.2) is 0 Å². The molecule has 0 radical (unpaired) electrons. The molecule has 1 nitrogen and oxygen atoms in total. The van der Waals surface area contributed by atoms with Crippen LogP contribution >= 0.6 is 7.26 Å². The largest absolute Gasteiger partial charge is 1.00 e. The van der Waals surface area contributed by atoms with Crippen LogP contribution in [0.2, 0.25) is 0 Å². The standard InChI is InChI=1S/C33H27F3OP.ClH/c34-33(35,36)31-23-27(21-22-32(31)37-24-26-13-5-1-6-14-26)25-38(28-15-7-2-8-16-28,29-17-9-3-10-18-29)30-19-11-4-12-20-30;/h1-23H,24-25H2;1H/q+1;/p-1. The van der Waals surface area contributed by atoms with Crippen LogP contribution in [0.1, 0.15) is 16.7 Å². The van der Waals surface area contributed by atoms with Crippen LogP contribution in [0.25, 0.3) is 0 Å². The molecule has 0 heterocycles. The third-order valence-corrected chi connectivity index (χ3v) is 11.0. The molecule has 39 heavy (non-hydrogen) atoms. The van der Waals surface area contributed by atoms with E-state index in [1.54, 1.807) is 6.07 Å². The highest BCUT2D eigenvalue weighted by atomic mass is 35.5. The molecule has 0 atom stereocenters. The lowest BCUT2D eigenvalue weighted by Crippen LogP contribution is -3.00. The van der Waals surface area contributed by atoms with E-state index < -0.39 is 19.0 Å². The van der Waals surface area contributed by atoms with E-state index in [1.807, 2.05) is 84.9 Å². The van der Waals surface area contributed by atoms with Gasteiger partial charge in [-0.2, -0.15) is 13.2 Å². The van der Waals surface area contributed by atoms with Gasteiger partial charge in [0.1, 0.15) is 35.5 Å². The molecule has 0 bridgehead atoms. The van der Waals surface area contributed by atoms with Crippen molar-refractivity contribution in [1.29, 1.82) is 0 Å². The fraction of sp³-hybridized carbons (Fsp3) is 0.0909. The first kappa shape index (κ1) is 28.4. The minimum Gasteiger partial charge on any atom is -1.00 e. The molecule has 0 aliphatic heterocycles. The highest BCUT2D eigenvalue weighted by Gasteiger charge is 2.46.